The zero-order chi connectivity index (χ0) is 42.3. The predicted molar refractivity (Wildman–Crippen MR) is 219 cm³/mol. The summed E-state index contributed by atoms with van der Waals surface area (Å²) in [5.74, 6) is -3.73. The molecule has 58 heavy (non-hydrogen) atoms. The molecule has 1 amide bonds. The lowest BCUT2D eigenvalue weighted by atomic mass is 9.73. The molecule has 5 heterocycles. The minimum absolute atomic E-state index is 0.209. The molecule has 1 aromatic heterocycles. The molecule has 0 spiro atoms. The first-order chi connectivity index (χ1) is 27.4. The number of benzene rings is 1. The van der Waals surface area contributed by atoms with Crippen LogP contribution in [-0.4, -0.2) is 137 Å². The number of likely N-dealkylation sites (N-methyl/N-ethyl adjacent to an activating group) is 1. The van der Waals surface area contributed by atoms with Crippen LogP contribution >= 0.6 is 0 Å². The maximum atomic E-state index is 14.4. The zero-order valence-corrected chi connectivity index (χ0v) is 36.2. The fraction of sp³-hybridized carbons (Fsp3) is 0.705. The van der Waals surface area contributed by atoms with Crippen molar-refractivity contribution in [2.45, 2.75) is 141 Å². The first kappa shape index (κ1) is 44.0. The molecule has 13 atom stereocenters. The van der Waals surface area contributed by atoms with Crippen molar-refractivity contribution in [2.75, 3.05) is 34.4 Å². The highest BCUT2D eigenvalue weighted by Crippen LogP contribution is 2.45. The van der Waals surface area contributed by atoms with E-state index in [-0.39, 0.29) is 30.7 Å². The number of ketones is 1. The largest absolute Gasteiger partial charge is 0.458 e. The van der Waals surface area contributed by atoms with Crippen molar-refractivity contribution in [2.24, 2.45) is 28.7 Å². The van der Waals surface area contributed by atoms with E-state index in [2.05, 4.69) is 31.0 Å². The van der Waals surface area contributed by atoms with E-state index in [9.17, 15) is 19.5 Å². The van der Waals surface area contributed by atoms with Gasteiger partial charge < -0.3 is 33.7 Å². The monoisotopic (exact) mass is 807 g/mol. The molecule has 2 bridgehead atoms. The molecule has 1 N–H and O–H groups in total. The molecular formula is C44H65N5O9. The molecule has 0 radical (unpaired) electrons. The number of carbonyl (C=O) groups excluding carboxylic acids is 3. The van der Waals surface area contributed by atoms with E-state index in [1.54, 1.807) is 32.2 Å². The number of Topliss-reactive ketones (excluding diaryl/α,β-unsaturated/α-hetero) is 1. The van der Waals surface area contributed by atoms with Crippen LogP contribution in [0.4, 0.5) is 4.79 Å². The number of aryl methyl sites for hydroxylation is 1. The van der Waals surface area contributed by atoms with Gasteiger partial charge in [0.15, 0.2) is 17.7 Å². The Kier molecular flexibility index (Phi) is 13.4. The summed E-state index contributed by atoms with van der Waals surface area (Å²) >= 11 is 0. The highest BCUT2D eigenvalue weighted by molar-refractivity contribution is 6.00. The van der Waals surface area contributed by atoms with Gasteiger partial charge in [-0.3, -0.25) is 19.6 Å². The van der Waals surface area contributed by atoms with Crippen LogP contribution in [-0.2, 0) is 39.7 Å². The Morgan fingerprint density at radius 1 is 1.03 bits per heavy atom. The summed E-state index contributed by atoms with van der Waals surface area (Å²) in [6.07, 6.45) is -0.0318. The number of esters is 1. The van der Waals surface area contributed by atoms with Crippen molar-refractivity contribution in [3.05, 3.63) is 42.1 Å². The topological polar surface area (TPSA) is 153 Å². The molecular weight excluding hydrogens is 743 g/mol. The van der Waals surface area contributed by atoms with Crippen LogP contribution in [0.5, 0.6) is 0 Å². The minimum atomic E-state index is -1.27. The Balaban J connectivity index is 1.38. The van der Waals surface area contributed by atoms with E-state index >= 15 is 0 Å². The van der Waals surface area contributed by atoms with Crippen LogP contribution in [0.25, 0.3) is 10.9 Å². The maximum absolute atomic E-state index is 14.4. The number of aliphatic imine (C=N–C) groups is 1. The summed E-state index contributed by atoms with van der Waals surface area (Å²) in [5, 5.41) is 16.3. The Bertz CT molecular complexity index is 1840. The van der Waals surface area contributed by atoms with Crippen LogP contribution in [0.15, 0.2) is 41.5 Å². The number of hydrogen-bond donors (Lipinski definition) is 1. The maximum Gasteiger partial charge on any atom is 0.425 e. The average Bonchev–Trinajstić information content (AvgIpc) is 3.37. The highest BCUT2D eigenvalue weighted by Gasteiger charge is 2.62. The molecule has 0 aliphatic carbocycles. The lowest BCUT2D eigenvalue weighted by molar-refractivity contribution is -0.295. The van der Waals surface area contributed by atoms with Gasteiger partial charge in [-0.15, -0.1) is 0 Å². The van der Waals surface area contributed by atoms with Crippen molar-refractivity contribution in [3.63, 3.8) is 0 Å². The normalized spacial score (nSPS) is 37.9. The number of nitrogens with zero attached hydrogens (tertiary/aromatic N) is 5. The number of aliphatic hydroxyl groups is 1. The lowest BCUT2D eigenvalue weighted by Gasteiger charge is -2.47. The number of rotatable bonds is 9. The van der Waals surface area contributed by atoms with E-state index in [4.69, 9.17) is 28.7 Å². The van der Waals surface area contributed by atoms with Gasteiger partial charge in [0, 0.05) is 48.8 Å². The van der Waals surface area contributed by atoms with Crippen molar-refractivity contribution in [1.29, 1.82) is 0 Å². The van der Waals surface area contributed by atoms with E-state index in [0.29, 0.717) is 25.8 Å². The summed E-state index contributed by atoms with van der Waals surface area (Å²) in [6, 6.07) is 9.32. The van der Waals surface area contributed by atoms with Crippen LogP contribution in [0.3, 0.4) is 0 Å². The number of cyclic esters (lactones) is 1. The van der Waals surface area contributed by atoms with E-state index < -0.39 is 71.5 Å². The SMILES string of the molecule is CC[C@@H]1OC(=O)C(C)C(=O)[C@H](C)[C@@H](O[C@@H]2O[C@H](C)C[C@H](N(C)C)[C@H]2O)[C@@](C)(OC)C[C@@H](C)C2=NCN(CCCc3cccc4ncccc34)N3C(=O)O[C@@]1(C)[C@H]3[C@@H]2C. The molecule has 1 aromatic carbocycles. The third-order valence-corrected chi connectivity index (χ3v) is 13.4. The van der Waals surface area contributed by atoms with Crippen molar-refractivity contribution < 1.29 is 43.2 Å². The molecule has 14 nitrogen and oxygen atoms in total. The molecule has 6 rings (SSSR count). The lowest BCUT2D eigenvalue weighted by Crippen LogP contribution is -2.61. The summed E-state index contributed by atoms with van der Waals surface area (Å²) in [6.45, 7) is 15.7. The number of carbonyl (C=O) groups is 3. The van der Waals surface area contributed by atoms with E-state index in [0.717, 1.165) is 29.5 Å². The standard InChI is InChI=1S/C44H65N5O9/c1-12-34-44(8)38-27(4)35(46-24-48(49(38)42(53)58-44)21-15-17-30-16-13-19-32-31(30)18-14-20-45-32)25(2)23-43(7,54-11)39(28(5)36(50)29(6)40(52)56-34)57-41-37(51)33(47(9)10)22-26(3)55-41/h13-14,16,18-20,25-29,33-34,37-39,41,51H,12,15,17,21-24H2,1-11H3/t25-,26-,27-,28+,29?,33+,34+,37-,38-,39-,41+,43+,44-/m1/s1. The average molecular weight is 808 g/mol. The first-order valence-corrected chi connectivity index (χ1v) is 21.0. The zero-order valence-electron chi connectivity index (χ0n) is 36.2. The van der Waals surface area contributed by atoms with Gasteiger partial charge in [0.05, 0.1) is 23.3 Å². The van der Waals surface area contributed by atoms with Crippen LogP contribution in [0, 0.1) is 23.7 Å². The van der Waals surface area contributed by atoms with Crippen molar-refractivity contribution in [3.8, 4) is 0 Å². The number of pyridine rings is 1. The van der Waals surface area contributed by atoms with Gasteiger partial charge in [-0.2, -0.15) is 5.01 Å². The third-order valence-electron chi connectivity index (χ3n) is 13.4. The molecule has 14 heteroatoms. The van der Waals surface area contributed by atoms with Gasteiger partial charge in [0.2, 0.25) is 0 Å². The number of methoxy groups -OCH3 is 1. The number of amides is 1. The first-order valence-electron chi connectivity index (χ1n) is 21.0. The molecule has 3 fully saturated rings. The molecule has 3 saturated heterocycles. The summed E-state index contributed by atoms with van der Waals surface area (Å²) < 4.78 is 31.9. The third kappa shape index (κ3) is 8.29. The fourth-order valence-electron chi connectivity index (χ4n) is 10.2. The number of aliphatic hydroxyl groups excluding tert-OH is 1. The Morgan fingerprint density at radius 3 is 2.47 bits per heavy atom. The second-order valence-electron chi connectivity index (χ2n) is 17.7. The molecule has 320 valence electrons. The van der Waals surface area contributed by atoms with Crippen LogP contribution < -0.4 is 0 Å². The van der Waals surface area contributed by atoms with Gasteiger partial charge >= 0.3 is 12.1 Å². The quantitative estimate of drug-likeness (QED) is 0.254. The Labute approximate surface area is 343 Å². The number of aromatic nitrogens is 1. The van der Waals surface area contributed by atoms with Gasteiger partial charge in [-0.1, -0.05) is 45.9 Å². The highest BCUT2D eigenvalue weighted by atomic mass is 16.7. The van der Waals surface area contributed by atoms with Crippen molar-refractivity contribution in [1.82, 2.24) is 19.9 Å². The molecule has 1 unspecified atom stereocenters. The summed E-state index contributed by atoms with van der Waals surface area (Å²) in [7, 11) is 5.40. The number of hydrogen-bond acceptors (Lipinski definition) is 13. The molecule has 2 aromatic rings. The van der Waals surface area contributed by atoms with Gasteiger partial charge in [-0.25, -0.2) is 9.80 Å². The molecule has 4 aliphatic rings. The predicted octanol–water partition coefficient (Wildman–Crippen LogP) is 5.43. The minimum Gasteiger partial charge on any atom is -0.458 e. The van der Waals surface area contributed by atoms with E-state index in [1.807, 2.05) is 69.9 Å². The van der Waals surface area contributed by atoms with Crippen molar-refractivity contribution >= 4 is 34.5 Å². The number of hydrazine groups is 1. The fourth-order valence-corrected chi connectivity index (χ4v) is 10.2. The van der Waals surface area contributed by atoms with Crippen LogP contribution in [0.2, 0.25) is 0 Å². The van der Waals surface area contributed by atoms with Crippen LogP contribution in [0.1, 0.15) is 86.6 Å². The second-order valence-corrected chi connectivity index (χ2v) is 17.7. The summed E-state index contributed by atoms with van der Waals surface area (Å²) in [4.78, 5) is 54.4. The Morgan fingerprint density at radius 2 is 1.78 bits per heavy atom. The van der Waals surface area contributed by atoms with Gasteiger partial charge in [0.25, 0.3) is 0 Å². The Hall–Kier alpha value is -3.53. The number of fused-ring (bicyclic) bond motifs is 2. The smallest absolute Gasteiger partial charge is 0.425 e. The van der Waals surface area contributed by atoms with Gasteiger partial charge in [0.1, 0.15) is 30.8 Å². The molecule has 0 saturated carbocycles. The molecule has 4 aliphatic heterocycles. The van der Waals surface area contributed by atoms with Gasteiger partial charge in [-0.05, 0) is 97.5 Å². The number of ether oxygens (including phenoxy) is 5. The van der Waals surface area contributed by atoms with E-state index in [1.165, 1.54) is 5.56 Å². The second kappa shape index (κ2) is 17.6. The summed E-state index contributed by atoms with van der Waals surface area (Å²) in [5.41, 5.74) is 0.564.